The zero-order valence-corrected chi connectivity index (χ0v) is 19.6. The minimum Gasteiger partial charge on any atom is -0.481 e. The van der Waals surface area contributed by atoms with Gasteiger partial charge in [-0.25, -0.2) is 19.3 Å². The van der Waals surface area contributed by atoms with Gasteiger partial charge < -0.3 is 25.5 Å². The number of ether oxygens (including phenoxy) is 1. The molecule has 0 amide bonds. The molecule has 10 heteroatoms. The SMILES string of the molecule is COc1cccc(-c2cc(F)ccc2[C@@H]2CC(=NOCC[C@H](O)CO)c3c(C)nc(N)nc3C2)n1. The summed E-state index contributed by atoms with van der Waals surface area (Å²) in [6.07, 6.45) is 0.410. The van der Waals surface area contributed by atoms with E-state index in [1.807, 2.05) is 19.1 Å². The molecule has 0 saturated heterocycles. The van der Waals surface area contributed by atoms with Gasteiger partial charge in [0, 0.05) is 30.0 Å². The number of hydrogen-bond donors (Lipinski definition) is 3. The van der Waals surface area contributed by atoms with E-state index in [-0.39, 0.29) is 37.3 Å². The highest BCUT2D eigenvalue weighted by atomic mass is 19.1. The first-order valence-electron chi connectivity index (χ1n) is 11.3. The summed E-state index contributed by atoms with van der Waals surface area (Å²) in [7, 11) is 1.53. The number of methoxy groups -OCH3 is 1. The lowest BCUT2D eigenvalue weighted by atomic mass is 9.79. The first-order valence-corrected chi connectivity index (χ1v) is 11.3. The molecule has 2 aromatic heterocycles. The Kier molecular flexibility index (Phi) is 7.52. The van der Waals surface area contributed by atoms with Crippen LogP contribution in [0.25, 0.3) is 11.3 Å². The highest BCUT2D eigenvalue weighted by Crippen LogP contribution is 2.38. The number of benzene rings is 1. The Morgan fingerprint density at radius 1 is 1.20 bits per heavy atom. The van der Waals surface area contributed by atoms with Gasteiger partial charge in [-0.15, -0.1) is 0 Å². The molecular formula is C25H28FN5O4. The van der Waals surface area contributed by atoms with Gasteiger partial charge in [-0.3, -0.25) is 0 Å². The van der Waals surface area contributed by atoms with Crippen molar-refractivity contribution in [3.63, 3.8) is 0 Å². The molecule has 9 nitrogen and oxygen atoms in total. The van der Waals surface area contributed by atoms with Crippen LogP contribution < -0.4 is 10.5 Å². The van der Waals surface area contributed by atoms with Crippen molar-refractivity contribution in [2.24, 2.45) is 5.16 Å². The Morgan fingerprint density at radius 3 is 2.80 bits per heavy atom. The number of hydrogen-bond acceptors (Lipinski definition) is 9. The fourth-order valence-corrected chi connectivity index (χ4v) is 4.31. The van der Waals surface area contributed by atoms with Crippen molar-refractivity contribution in [3.8, 4) is 17.1 Å². The molecule has 4 N–H and O–H groups in total. The number of aliphatic hydroxyl groups excluding tert-OH is 2. The van der Waals surface area contributed by atoms with E-state index < -0.39 is 6.10 Å². The Labute approximate surface area is 202 Å². The molecule has 0 saturated carbocycles. The summed E-state index contributed by atoms with van der Waals surface area (Å²) in [5, 5.41) is 22.9. The van der Waals surface area contributed by atoms with E-state index in [1.165, 1.54) is 19.2 Å². The van der Waals surface area contributed by atoms with Crippen molar-refractivity contribution in [3.05, 3.63) is 64.7 Å². The van der Waals surface area contributed by atoms with Crippen LogP contribution in [0.4, 0.5) is 10.3 Å². The molecule has 0 fully saturated rings. The Balaban J connectivity index is 1.73. The molecule has 35 heavy (non-hydrogen) atoms. The summed E-state index contributed by atoms with van der Waals surface area (Å²) < 4.78 is 19.6. The first kappa shape index (κ1) is 24.5. The van der Waals surface area contributed by atoms with Gasteiger partial charge in [0.05, 0.1) is 42.6 Å². The van der Waals surface area contributed by atoms with E-state index in [9.17, 15) is 9.50 Å². The number of fused-ring (bicyclic) bond motifs is 1. The van der Waals surface area contributed by atoms with E-state index in [2.05, 4.69) is 20.1 Å². The number of aliphatic hydroxyl groups is 2. The average Bonchev–Trinajstić information content (AvgIpc) is 2.85. The quantitative estimate of drug-likeness (QED) is 0.330. The standard InChI is InChI=1S/C25H28FN5O4/c1-14-24-21(30-25(27)28-14)10-15(11-22(24)31-35-9-8-17(33)13-32)18-7-6-16(26)12-19(18)20-4-3-5-23(29-20)34-2/h3-7,12,15,17,32-33H,8-11,13H2,1-2H3,(H2,27,28,30)/t15-,17-/m0/s1. The van der Waals surface area contributed by atoms with Crippen LogP contribution in [0.1, 0.15) is 41.3 Å². The van der Waals surface area contributed by atoms with Crippen LogP contribution in [-0.2, 0) is 11.3 Å². The summed E-state index contributed by atoms with van der Waals surface area (Å²) in [5.41, 5.74) is 10.9. The highest BCUT2D eigenvalue weighted by molar-refractivity contribution is 6.03. The summed E-state index contributed by atoms with van der Waals surface area (Å²) in [6, 6.07) is 10.0. The smallest absolute Gasteiger partial charge is 0.220 e. The Bertz CT molecular complexity index is 1240. The molecular weight excluding hydrogens is 453 g/mol. The van der Waals surface area contributed by atoms with Gasteiger partial charge in [-0.2, -0.15) is 0 Å². The Hall–Kier alpha value is -3.63. The maximum atomic E-state index is 14.3. The number of oxime groups is 1. The van der Waals surface area contributed by atoms with E-state index in [4.69, 9.17) is 20.4 Å². The van der Waals surface area contributed by atoms with E-state index >= 15 is 0 Å². The monoisotopic (exact) mass is 481 g/mol. The molecule has 0 unspecified atom stereocenters. The maximum absolute atomic E-state index is 14.3. The second-order valence-corrected chi connectivity index (χ2v) is 8.39. The summed E-state index contributed by atoms with van der Waals surface area (Å²) in [5.74, 6) is 0.127. The lowest BCUT2D eigenvalue weighted by Gasteiger charge is -2.28. The zero-order chi connectivity index (χ0) is 24.9. The number of aromatic nitrogens is 3. The van der Waals surface area contributed by atoms with Crippen molar-refractivity contribution in [2.45, 2.75) is 38.2 Å². The number of halogens is 1. The van der Waals surface area contributed by atoms with E-state index in [0.29, 0.717) is 41.4 Å². The minimum absolute atomic E-state index is 0.106. The summed E-state index contributed by atoms with van der Waals surface area (Å²) >= 11 is 0. The maximum Gasteiger partial charge on any atom is 0.220 e. The second-order valence-electron chi connectivity index (χ2n) is 8.39. The van der Waals surface area contributed by atoms with Gasteiger partial charge in [0.25, 0.3) is 0 Å². The van der Waals surface area contributed by atoms with Crippen LogP contribution in [0.2, 0.25) is 0 Å². The number of rotatable bonds is 8. The molecule has 0 spiro atoms. The molecule has 3 aromatic rings. The van der Waals surface area contributed by atoms with Crippen LogP contribution in [-0.4, -0.2) is 57.3 Å². The van der Waals surface area contributed by atoms with Gasteiger partial charge in [0.15, 0.2) is 0 Å². The average molecular weight is 482 g/mol. The predicted octanol–water partition coefficient (Wildman–Crippen LogP) is 2.77. The topological polar surface area (TPSA) is 136 Å². The Morgan fingerprint density at radius 2 is 2.03 bits per heavy atom. The lowest BCUT2D eigenvalue weighted by molar-refractivity contribution is 0.0503. The number of aryl methyl sites for hydroxylation is 1. The number of anilines is 1. The number of nitrogen functional groups attached to an aromatic ring is 1. The number of pyridine rings is 1. The van der Waals surface area contributed by atoms with Gasteiger partial charge in [-0.1, -0.05) is 17.3 Å². The molecule has 0 aliphatic heterocycles. The zero-order valence-electron chi connectivity index (χ0n) is 19.6. The second kappa shape index (κ2) is 10.7. The number of nitrogens with zero attached hydrogens (tertiary/aromatic N) is 4. The normalized spacial score (nSPS) is 17.2. The highest BCUT2D eigenvalue weighted by Gasteiger charge is 2.31. The van der Waals surface area contributed by atoms with Crippen LogP contribution in [0, 0.1) is 12.7 Å². The van der Waals surface area contributed by atoms with Crippen LogP contribution in [0.3, 0.4) is 0 Å². The van der Waals surface area contributed by atoms with Crippen LogP contribution >= 0.6 is 0 Å². The van der Waals surface area contributed by atoms with Crippen molar-refractivity contribution < 1.29 is 24.2 Å². The van der Waals surface area contributed by atoms with Gasteiger partial charge in [-0.05, 0) is 43.0 Å². The molecule has 184 valence electrons. The molecule has 1 aliphatic carbocycles. The molecule has 0 bridgehead atoms. The minimum atomic E-state index is -0.872. The molecule has 1 aliphatic rings. The van der Waals surface area contributed by atoms with Crippen molar-refractivity contribution >= 4 is 11.7 Å². The third kappa shape index (κ3) is 5.55. The fraction of sp³-hybridized carbons (Fsp3) is 0.360. The third-order valence-electron chi connectivity index (χ3n) is 5.94. The molecule has 2 atom stereocenters. The predicted molar refractivity (Wildman–Crippen MR) is 129 cm³/mol. The van der Waals surface area contributed by atoms with E-state index in [0.717, 1.165) is 16.8 Å². The molecule has 2 heterocycles. The van der Waals surface area contributed by atoms with Gasteiger partial charge >= 0.3 is 0 Å². The first-order chi connectivity index (χ1) is 16.9. The lowest BCUT2D eigenvalue weighted by Crippen LogP contribution is -2.24. The molecule has 0 radical (unpaired) electrons. The fourth-order valence-electron chi connectivity index (χ4n) is 4.31. The van der Waals surface area contributed by atoms with Crippen LogP contribution in [0.15, 0.2) is 41.6 Å². The van der Waals surface area contributed by atoms with Crippen molar-refractivity contribution in [1.82, 2.24) is 15.0 Å². The van der Waals surface area contributed by atoms with Crippen molar-refractivity contribution in [1.29, 1.82) is 0 Å². The summed E-state index contributed by atoms with van der Waals surface area (Å²) in [6.45, 7) is 1.63. The largest absolute Gasteiger partial charge is 0.481 e. The molecule has 4 rings (SSSR count). The van der Waals surface area contributed by atoms with E-state index in [1.54, 1.807) is 12.1 Å². The summed E-state index contributed by atoms with van der Waals surface area (Å²) in [4.78, 5) is 18.7. The van der Waals surface area contributed by atoms with Gasteiger partial charge in [0.1, 0.15) is 12.4 Å². The number of nitrogens with two attached hydrogens (primary N) is 1. The third-order valence-corrected chi connectivity index (χ3v) is 5.94. The molecule has 1 aromatic carbocycles. The van der Waals surface area contributed by atoms with Crippen molar-refractivity contribution in [2.75, 3.05) is 26.1 Å². The van der Waals surface area contributed by atoms with Crippen LogP contribution in [0.5, 0.6) is 5.88 Å². The van der Waals surface area contributed by atoms with Gasteiger partial charge in [0.2, 0.25) is 11.8 Å².